The number of nitrogens with one attached hydrogen (secondary N) is 1. The van der Waals surface area contributed by atoms with Gasteiger partial charge in [0.2, 0.25) is 6.29 Å². The predicted octanol–water partition coefficient (Wildman–Crippen LogP) is 1.02. The minimum absolute atomic E-state index is 0.297. The monoisotopic (exact) mass is 330 g/mol. The van der Waals surface area contributed by atoms with Crippen LogP contribution in [0.1, 0.15) is 31.9 Å². The fraction of sp³-hybridized carbons (Fsp3) is 0.412. The average Bonchev–Trinajstić information content (AvgIpc) is 2.62. The van der Waals surface area contributed by atoms with Gasteiger partial charge in [0.15, 0.2) is 0 Å². The fourth-order valence-corrected chi connectivity index (χ4v) is 2.68. The Balaban J connectivity index is 2.19. The number of likely N-dealkylation sites (N-methyl/N-ethyl adjacent to an activating group) is 1. The molecule has 0 saturated carbocycles. The SMILES string of the molecule is CCC1CN(CC)C(=O)C(=O)N1C(=O)NC([C]=O)c1ccccc1. The van der Waals surface area contributed by atoms with Gasteiger partial charge >= 0.3 is 17.8 Å². The molecular formula is C17H20N3O4. The first kappa shape index (κ1) is 17.7. The summed E-state index contributed by atoms with van der Waals surface area (Å²) in [6.07, 6.45) is 2.27. The molecule has 0 spiro atoms. The van der Waals surface area contributed by atoms with Crippen molar-refractivity contribution in [2.45, 2.75) is 32.4 Å². The summed E-state index contributed by atoms with van der Waals surface area (Å²) in [6.45, 7) is 4.32. The molecule has 1 aromatic carbocycles. The smallest absolute Gasteiger partial charge is 0.325 e. The lowest BCUT2D eigenvalue weighted by molar-refractivity contribution is -0.156. The van der Waals surface area contributed by atoms with Gasteiger partial charge < -0.3 is 10.2 Å². The van der Waals surface area contributed by atoms with Gasteiger partial charge in [-0.15, -0.1) is 0 Å². The molecule has 1 heterocycles. The zero-order valence-corrected chi connectivity index (χ0v) is 13.7. The van der Waals surface area contributed by atoms with Crippen LogP contribution in [0, 0.1) is 0 Å². The van der Waals surface area contributed by atoms with Crippen molar-refractivity contribution in [2.24, 2.45) is 0 Å². The van der Waals surface area contributed by atoms with Crippen LogP contribution in [0.4, 0.5) is 4.79 Å². The third kappa shape index (κ3) is 3.45. The highest BCUT2D eigenvalue weighted by molar-refractivity contribution is 6.38. The summed E-state index contributed by atoms with van der Waals surface area (Å²) < 4.78 is 0. The van der Waals surface area contributed by atoms with Gasteiger partial charge in [-0.05, 0) is 18.9 Å². The van der Waals surface area contributed by atoms with E-state index in [1.54, 1.807) is 43.5 Å². The van der Waals surface area contributed by atoms with Crippen LogP contribution in [0.25, 0.3) is 0 Å². The summed E-state index contributed by atoms with van der Waals surface area (Å²) in [5.74, 6) is -1.58. The van der Waals surface area contributed by atoms with Crippen LogP contribution in [0.5, 0.6) is 0 Å². The summed E-state index contributed by atoms with van der Waals surface area (Å²) in [6, 6.07) is 6.43. The lowest BCUT2D eigenvalue weighted by Crippen LogP contribution is -2.63. The number of piperazine rings is 1. The maximum Gasteiger partial charge on any atom is 0.325 e. The number of urea groups is 1. The predicted molar refractivity (Wildman–Crippen MR) is 86.6 cm³/mol. The highest BCUT2D eigenvalue weighted by Gasteiger charge is 2.41. The molecule has 1 saturated heterocycles. The number of hydrogen-bond acceptors (Lipinski definition) is 4. The maximum absolute atomic E-state index is 12.5. The van der Waals surface area contributed by atoms with E-state index in [4.69, 9.17) is 0 Å². The molecule has 127 valence electrons. The van der Waals surface area contributed by atoms with E-state index in [2.05, 4.69) is 5.32 Å². The van der Waals surface area contributed by atoms with Crippen LogP contribution >= 0.6 is 0 Å². The molecule has 2 unspecified atom stereocenters. The van der Waals surface area contributed by atoms with Crippen LogP contribution < -0.4 is 5.32 Å². The van der Waals surface area contributed by atoms with E-state index in [1.807, 2.05) is 6.92 Å². The number of rotatable bonds is 5. The second-order valence-corrected chi connectivity index (χ2v) is 5.49. The van der Waals surface area contributed by atoms with Gasteiger partial charge in [0.1, 0.15) is 6.04 Å². The second kappa shape index (κ2) is 7.72. The number of imide groups is 1. The summed E-state index contributed by atoms with van der Waals surface area (Å²) in [5, 5.41) is 2.47. The normalized spacial score (nSPS) is 19.2. The highest BCUT2D eigenvalue weighted by Crippen LogP contribution is 2.17. The fourth-order valence-electron chi connectivity index (χ4n) is 2.68. The van der Waals surface area contributed by atoms with Crippen molar-refractivity contribution in [2.75, 3.05) is 13.1 Å². The number of hydrogen-bond donors (Lipinski definition) is 1. The molecule has 2 atom stereocenters. The minimum atomic E-state index is -0.997. The van der Waals surface area contributed by atoms with Crippen LogP contribution in [-0.4, -0.2) is 53.1 Å². The van der Waals surface area contributed by atoms with E-state index in [1.165, 1.54) is 4.90 Å². The number of benzene rings is 1. The van der Waals surface area contributed by atoms with Gasteiger partial charge in [0.25, 0.3) is 0 Å². The lowest BCUT2D eigenvalue weighted by atomic mass is 10.1. The van der Waals surface area contributed by atoms with E-state index < -0.39 is 29.9 Å². The van der Waals surface area contributed by atoms with E-state index >= 15 is 0 Å². The Bertz CT molecular complexity index is 632. The highest BCUT2D eigenvalue weighted by atomic mass is 16.2. The molecule has 0 aromatic heterocycles. The van der Waals surface area contributed by atoms with Gasteiger partial charge in [0, 0.05) is 13.1 Å². The summed E-state index contributed by atoms with van der Waals surface area (Å²) in [7, 11) is 0. The zero-order chi connectivity index (χ0) is 17.7. The summed E-state index contributed by atoms with van der Waals surface area (Å²) in [5.41, 5.74) is 0.555. The average molecular weight is 330 g/mol. The van der Waals surface area contributed by atoms with Gasteiger partial charge in [-0.1, -0.05) is 37.3 Å². The Morgan fingerprint density at radius 1 is 1.25 bits per heavy atom. The molecule has 2 rings (SSSR count). The first-order valence-corrected chi connectivity index (χ1v) is 7.89. The molecule has 1 fully saturated rings. The number of carbonyl (C=O) groups is 3. The van der Waals surface area contributed by atoms with E-state index in [0.717, 1.165) is 4.90 Å². The van der Waals surface area contributed by atoms with Crippen molar-refractivity contribution >= 4 is 24.1 Å². The number of amides is 4. The van der Waals surface area contributed by atoms with E-state index in [9.17, 15) is 19.2 Å². The third-order valence-electron chi connectivity index (χ3n) is 4.08. The van der Waals surface area contributed by atoms with Crippen molar-refractivity contribution < 1.29 is 19.2 Å². The third-order valence-corrected chi connectivity index (χ3v) is 4.08. The second-order valence-electron chi connectivity index (χ2n) is 5.49. The zero-order valence-electron chi connectivity index (χ0n) is 13.7. The van der Waals surface area contributed by atoms with Crippen LogP contribution in [0.2, 0.25) is 0 Å². The molecule has 1 N–H and O–H groups in total. The molecule has 7 nitrogen and oxygen atoms in total. The Morgan fingerprint density at radius 2 is 1.92 bits per heavy atom. The van der Waals surface area contributed by atoms with Crippen LogP contribution in [0.3, 0.4) is 0 Å². The largest absolute Gasteiger partial charge is 0.333 e. The quantitative estimate of drug-likeness (QED) is 0.817. The van der Waals surface area contributed by atoms with Gasteiger partial charge in [-0.25, -0.2) is 4.79 Å². The van der Waals surface area contributed by atoms with Crippen molar-refractivity contribution in [1.82, 2.24) is 15.1 Å². The Hall–Kier alpha value is -2.70. The summed E-state index contributed by atoms with van der Waals surface area (Å²) in [4.78, 5) is 50.4. The minimum Gasteiger partial charge on any atom is -0.333 e. The lowest BCUT2D eigenvalue weighted by Gasteiger charge is -2.38. The molecule has 0 bridgehead atoms. The summed E-state index contributed by atoms with van der Waals surface area (Å²) >= 11 is 0. The van der Waals surface area contributed by atoms with E-state index in [0.29, 0.717) is 25.1 Å². The molecule has 1 radical (unpaired) electrons. The Kier molecular flexibility index (Phi) is 5.68. The molecule has 1 aromatic rings. The van der Waals surface area contributed by atoms with Crippen molar-refractivity contribution in [1.29, 1.82) is 0 Å². The maximum atomic E-state index is 12.5. The Labute approximate surface area is 140 Å². The molecule has 4 amide bonds. The molecule has 24 heavy (non-hydrogen) atoms. The van der Waals surface area contributed by atoms with Crippen LogP contribution in [-0.2, 0) is 14.4 Å². The van der Waals surface area contributed by atoms with Crippen molar-refractivity contribution in [3.63, 3.8) is 0 Å². The molecule has 0 aliphatic carbocycles. The molecule has 7 heteroatoms. The van der Waals surface area contributed by atoms with Crippen LogP contribution in [0.15, 0.2) is 30.3 Å². The molecular weight excluding hydrogens is 310 g/mol. The van der Waals surface area contributed by atoms with Crippen molar-refractivity contribution in [3.8, 4) is 0 Å². The van der Waals surface area contributed by atoms with Gasteiger partial charge in [-0.3, -0.25) is 19.3 Å². The standard InChI is InChI=1S/C17H20N3O4/c1-3-13-10-19(4-2)15(22)16(23)20(13)17(24)18-14(11-21)12-8-6-5-7-9-12/h5-9,13-14H,3-4,10H2,1-2H3,(H,18,24). The van der Waals surface area contributed by atoms with Crippen molar-refractivity contribution in [3.05, 3.63) is 35.9 Å². The first-order valence-electron chi connectivity index (χ1n) is 7.89. The molecule has 1 aliphatic rings. The number of carbonyl (C=O) groups excluding carboxylic acids is 4. The first-order chi connectivity index (χ1) is 11.5. The number of nitrogens with zero attached hydrogens (tertiary/aromatic N) is 2. The topological polar surface area (TPSA) is 86.8 Å². The Morgan fingerprint density at radius 3 is 2.46 bits per heavy atom. The van der Waals surface area contributed by atoms with E-state index in [-0.39, 0.29) is 0 Å². The van der Waals surface area contributed by atoms with Gasteiger partial charge in [0.05, 0.1) is 6.04 Å². The van der Waals surface area contributed by atoms with Gasteiger partial charge in [-0.2, -0.15) is 0 Å². The molecule has 1 aliphatic heterocycles.